The second-order valence-corrected chi connectivity index (χ2v) is 7.12. The largest absolute Gasteiger partial charge is 0.497 e. The van der Waals surface area contributed by atoms with Gasteiger partial charge < -0.3 is 23.7 Å². The summed E-state index contributed by atoms with van der Waals surface area (Å²) in [5.41, 5.74) is 1.05. The average Bonchev–Trinajstić information content (AvgIpc) is 3.31. The van der Waals surface area contributed by atoms with Gasteiger partial charge in [-0.15, -0.1) is 0 Å². The van der Waals surface area contributed by atoms with Crippen molar-refractivity contribution in [2.45, 2.75) is 25.9 Å². The van der Waals surface area contributed by atoms with E-state index < -0.39 is 5.97 Å². The van der Waals surface area contributed by atoms with Crippen molar-refractivity contribution in [2.24, 2.45) is 0 Å². The van der Waals surface area contributed by atoms with Crippen molar-refractivity contribution in [3.63, 3.8) is 0 Å². The van der Waals surface area contributed by atoms with Gasteiger partial charge in [-0.2, -0.15) is 4.98 Å². The minimum Gasteiger partial charge on any atom is -0.497 e. The minimum absolute atomic E-state index is 0.143. The molecule has 0 radical (unpaired) electrons. The SMILES string of the molecule is COc1ccc(-c2noc(COC(=O)CCCc3nc4ccccc4c(=O)[nH]3)n2)c(OC)c1. The Morgan fingerprint density at radius 1 is 1.09 bits per heavy atom. The fourth-order valence-electron chi connectivity index (χ4n) is 3.27. The van der Waals surface area contributed by atoms with Gasteiger partial charge in [0.15, 0.2) is 6.61 Å². The number of carbonyl (C=O) groups excluding carboxylic acids is 1. The number of aromatic amines is 1. The molecule has 2 heterocycles. The van der Waals surface area contributed by atoms with Crippen molar-refractivity contribution < 1.29 is 23.5 Å². The molecule has 0 aliphatic rings. The topological polar surface area (TPSA) is 129 Å². The van der Waals surface area contributed by atoms with E-state index in [1.165, 1.54) is 7.11 Å². The number of hydrogen-bond acceptors (Lipinski definition) is 9. The van der Waals surface area contributed by atoms with Gasteiger partial charge in [0, 0.05) is 18.9 Å². The Morgan fingerprint density at radius 3 is 2.76 bits per heavy atom. The number of aromatic nitrogens is 4. The van der Waals surface area contributed by atoms with Crippen molar-refractivity contribution in [1.82, 2.24) is 20.1 Å². The normalized spacial score (nSPS) is 10.8. The highest BCUT2D eigenvalue weighted by atomic mass is 16.6. The molecule has 0 amide bonds. The Balaban J connectivity index is 1.29. The predicted octanol–water partition coefficient (Wildman–Crippen LogP) is 3.06. The Morgan fingerprint density at radius 2 is 1.94 bits per heavy atom. The molecule has 1 N–H and O–H groups in total. The number of para-hydroxylation sites is 1. The van der Waals surface area contributed by atoms with Crippen LogP contribution in [-0.2, 0) is 22.6 Å². The number of esters is 1. The fourth-order valence-corrected chi connectivity index (χ4v) is 3.27. The number of nitrogens with one attached hydrogen (secondary N) is 1. The molecule has 2 aromatic heterocycles. The van der Waals surface area contributed by atoms with E-state index >= 15 is 0 Å². The molecule has 4 aromatic rings. The molecule has 4 rings (SSSR count). The average molecular weight is 450 g/mol. The number of aryl methyl sites for hydroxylation is 1. The summed E-state index contributed by atoms with van der Waals surface area (Å²) < 4.78 is 20.9. The quantitative estimate of drug-likeness (QED) is 0.382. The lowest BCUT2D eigenvalue weighted by atomic mass is 10.2. The van der Waals surface area contributed by atoms with E-state index in [0.717, 1.165) is 0 Å². The number of nitrogens with zero attached hydrogens (tertiary/aromatic N) is 3. The third-order valence-electron chi connectivity index (χ3n) is 4.93. The summed E-state index contributed by atoms with van der Waals surface area (Å²) >= 11 is 0. The van der Waals surface area contributed by atoms with Gasteiger partial charge in [0.05, 0.1) is 30.7 Å². The number of ether oxygens (including phenoxy) is 3. The zero-order valence-electron chi connectivity index (χ0n) is 18.2. The smallest absolute Gasteiger partial charge is 0.306 e. The number of H-pyrrole nitrogens is 1. The van der Waals surface area contributed by atoms with E-state index in [1.54, 1.807) is 43.5 Å². The highest BCUT2D eigenvalue weighted by Crippen LogP contribution is 2.31. The van der Waals surface area contributed by atoms with E-state index in [4.69, 9.17) is 18.7 Å². The molecule has 33 heavy (non-hydrogen) atoms. The minimum atomic E-state index is -0.417. The number of fused-ring (bicyclic) bond motifs is 1. The van der Waals surface area contributed by atoms with Crippen LogP contribution in [0.15, 0.2) is 51.8 Å². The molecule has 10 nitrogen and oxygen atoms in total. The number of rotatable bonds is 9. The summed E-state index contributed by atoms with van der Waals surface area (Å²) in [5, 5.41) is 4.46. The highest BCUT2D eigenvalue weighted by Gasteiger charge is 2.15. The summed E-state index contributed by atoms with van der Waals surface area (Å²) in [7, 11) is 3.09. The molecule has 0 bridgehead atoms. The van der Waals surface area contributed by atoms with E-state index in [0.29, 0.717) is 52.5 Å². The maximum absolute atomic E-state index is 12.1. The maximum atomic E-state index is 12.1. The number of methoxy groups -OCH3 is 2. The Kier molecular flexibility index (Phi) is 6.63. The van der Waals surface area contributed by atoms with E-state index in [9.17, 15) is 9.59 Å². The summed E-state index contributed by atoms with van der Waals surface area (Å²) in [6.45, 7) is -0.143. The molecule has 0 saturated heterocycles. The van der Waals surface area contributed by atoms with Crippen LogP contribution >= 0.6 is 0 Å². The summed E-state index contributed by atoms with van der Waals surface area (Å²) in [5.74, 6) is 1.75. The first-order valence-electron chi connectivity index (χ1n) is 10.3. The fraction of sp³-hybridized carbons (Fsp3) is 0.261. The predicted molar refractivity (Wildman–Crippen MR) is 118 cm³/mol. The van der Waals surface area contributed by atoms with Crippen LogP contribution in [0.2, 0.25) is 0 Å². The lowest BCUT2D eigenvalue weighted by Gasteiger charge is -2.07. The van der Waals surface area contributed by atoms with Crippen LogP contribution in [0.3, 0.4) is 0 Å². The molecule has 0 saturated carbocycles. The second-order valence-electron chi connectivity index (χ2n) is 7.12. The highest BCUT2D eigenvalue weighted by molar-refractivity contribution is 5.77. The lowest BCUT2D eigenvalue weighted by molar-refractivity contribution is -0.145. The molecular formula is C23H22N4O6. The molecule has 0 fully saturated rings. The van der Waals surface area contributed by atoms with Crippen LogP contribution in [0.5, 0.6) is 11.5 Å². The summed E-state index contributed by atoms with van der Waals surface area (Å²) in [6.07, 6.45) is 1.07. The maximum Gasteiger partial charge on any atom is 0.306 e. The van der Waals surface area contributed by atoms with E-state index in [2.05, 4.69) is 20.1 Å². The van der Waals surface area contributed by atoms with Gasteiger partial charge in [0.1, 0.15) is 17.3 Å². The Bertz CT molecular complexity index is 1330. The molecule has 0 spiro atoms. The molecule has 0 aliphatic carbocycles. The number of carbonyl (C=O) groups is 1. The zero-order valence-corrected chi connectivity index (χ0v) is 18.2. The molecule has 10 heteroatoms. The molecule has 0 unspecified atom stereocenters. The van der Waals surface area contributed by atoms with Gasteiger partial charge in [-0.3, -0.25) is 9.59 Å². The van der Waals surface area contributed by atoms with Gasteiger partial charge in [0.25, 0.3) is 11.4 Å². The van der Waals surface area contributed by atoms with Crippen LogP contribution in [0.25, 0.3) is 22.3 Å². The molecule has 170 valence electrons. The molecule has 0 atom stereocenters. The van der Waals surface area contributed by atoms with Crippen LogP contribution in [0, 0.1) is 0 Å². The van der Waals surface area contributed by atoms with Gasteiger partial charge in [-0.25, -0.2) is 4.98 Å². The third-order valence-corrected chi connectivity index (χ3v) is 4.93. The third kappa shape index (κ3) is 5.17. The van der Waals surface area contributed by atoms with Gasteiger partial charge >= 0.3 is 5.97 Å². The number of benzene rings is 2. The van der Waals surface area contributed by atoms with Crippen LogP contribution in [0.4, 0.5) is 0 Å². The van der Waals surface area contributed by atoms with Crippen molar-refractivity contribution in [2.75, 3.05) is 14.2 Å². The molecular weight excluding hydrogens is 428 g/mol. The Labute approximate surface area is 188 Å². The van der Waals surface area contributed by atoms with E-state index in [-0.39, 0.29) is 24.5 Å². The monoisotopic (exact) mass is 450 g/mol. The first kappa shape index (κ1) is 22.0. The zero-order chi connectivity index (χ0) is 23.2. The number of hydrogen-bond donors (Lipinski definition) is 1. The Hall–Kier alpha value is -4.21. The van der Waals surface area contributed by atoms with Crippen molar-refractivity contribution in [3.8, 4) is 22.9 Å². The van der Waals surface area contributed by atoms with Crippen LogP contribution in [0.1, 0.15) is 24.6 Å². The van der Waals surface area contributed by atoms with Crippen molar-refractivity contribution >= 4 is 16.9 Å². The first-order valence-corrected chi connectivity index (χ1v) is 10.3. The standard InChI is InChI=1S/C23H22N4O6/c1-30-14-10-11-16(18(12-14)31-2)22-26-20(33-27-22)13-32-21(28)9-5-8-19-24-17-7-4-3-6-15(17)23(29)25-19/h3-4,6-7,10-12H,5,8-9,13H2,1-2H3,(H,24,25,29). The summed E-state index contributed by atoms with van der Waals surface area (Å²) in [6, 6.07) is 12.3. The van der Waals surface area contributed by atoms with Crippen LogP contribution in [-0.4, -0.2) is 40.3 Å². The molecule has 2 aromatic carbocycles. The first-order chi connectivity index (χ1) is 16.1. The molecule has 0 aliphatic heterocycles. The second kappa shape index (κ2) is 9.94. The van der Waals surface area contributed by atoms with Gasteiger partial charge in [-0.1, -0.05) is 17.3 Å². The summed E-state index contributed by atoms with van der Waals surface area (Å²) in [4.78, 5) is 35.6. The van der Waals surface area contributed by atoms with E-state index in [1.807, 2.05) is 6.07 Å². The lowest BCUT2D eigenvalue weighted by Crippen LogP contribution is -2.12. The van der Waals surface area contributed by atoms with Gasteiger partial charge in [-0.05, 0) is 30.7 Å². The van der Waals surface area contributed by atoms with Crippen LogP contribution < -0.4 is 15.0 Å². The van der Waals surface area contributed by atoms with Crippen molar-refractivity contribution in [3.05, 3.63) is 64.5 Å². The van der Waals surface area contributed by atoms with Gasteiger partial charge in [0.2, 0.25) is 5.82 Å². The van der Waals surface area contributed by atoms with Crippen molar-refractivity contribution in [1.29, 1.82) is 0 Å².